The Morgan fingerprint density at radius 2 is 2.18 bits per heavy atom. The molecule has 0 unspecified atom stereocenters. The van der Waals surface area contributed by atoms with Crippen LogP contribution in [-0.4, -0.2) is 32.2 Å². The lowest BCUT2D eigenvalue weighted by atomic mass is 10.4. The molecule has 0 radical (unpaired) electrons. The predicted molar refractivity (Wildman–Crippen MR) is 81.1 cm³/mol. The molecule has 7 nitrogen and oxygen atoms in total. The molecule has 0 aromatic carbocycles. The molecular formula is C14H18N4O3S. The lowest BCUT2D eigenvalue weighted by molar-refractivity contribution is -0.118. The monoisotopic (exact) mass is 322 g/mol. The first-order valence-corrected chi connectivity index (χ1v) is 8.40. The number of rotatable bonds is 6. The number of carbonyl (C=O) groups is 1. The predicted octanol–water partition coefficient (Wildman–Crippen LogP) is 2.33. The van der Waals surface area contributed by atoms with Gasteiger partial charge in [-0.3, -0.25) is 4.79 Å². The third-order valence-corrected chi connectivity index (χ3v) is 4.89. The molecule has 1 fully saturated rings. The van der Waals surface area contributed by atoms with E-state index in [1.54, 1.807) is 24.8 Å². The molecule has 1 amide bonds. The van der Waals surface area contributed by atoms with Crippen LogP contribution in [0.1, 0.15) is 37.3 Å². The topological polar surface area (TPSA) is 94.1 Å². The molecule has 0 aliphatic heterocycles. The van der Waals surface area contributed by atoms with Crippen molar-refractivity contribution in [2.45, 2.75) is 44.4 Å². The van der Waals surface area contributed by atoms with Crippen LogP contribution in [0.15, 0.2) is 15.1 Å². The van der Waals surface area contributed by atoms with Crippen LogP contribution in [0.2, 0.25) is 0 Å². The van der Waals surface area contributed by atoms with Crippen LogP contribution in [-0.2, 0) is 11.3 Å². The van der Waals surface area contributed by atoms with Crippen LogP contribution in [0.25, 0.3) is 11.5 Å². The van der Waals surface area contributed by atoms with E-state index >= 15 is 0 Å². The molecule has 2 aromatic rings. The lowest BCUT2D eigenvalue weighted by Gasteiger charge is -2.07. The number of aromatic nitrogens is 3. The molecule has 0 spiro atoms. The summed E-state index contributed by atoms with van der Waals surface area (Å²) in [5, 5.41) is 11.1. The molecule has 1 N–H and O–H groups in total. The maximum Gasteiger partial charge on any atom is 0.246 e. The van der Waals surface area contributed by atoms with Gasteiger partial charge in [0, 0.05) is 11.3 Å². The van der Waals surface area contributed by atoms with Gasteiger partial charge in [0.15, 0.2) is 5.69 Å². The summed E-state index contributed by atoms with van der Waals surface area (Å²) in [4.78, 5) is 16.0. The van der Waals surface area contributed by atoms with Crippen LogP contribution in [0.4, 0.5) is 0 Å². The van der Waals surface area contributed by atoms with Crippen molar-refractivity contribution in [1.29, 1.82) is 0 Å². The van der Waals surface area contributed by atoms with Gasteiger partial charge < -0.3 is 14.4 Å². The van der Waals surface area contributed by atoms with E-state index < -0.39 is 0 Å². The summed E-state index contributed by atoms with van der Waals surface area (Å²) in [6, 6.07) is 1.73. The van der Waals surface area contributed by atoms with E-state index in [9.17, 15) is 4.79 Å². The van der Waals surface area contributed by atoms with Crippen molar-refractivity contribution >= 4 is 17.7 Å². The van der Waals surface area contributed by atoms with Gasteiger partial charge in [0.25, 0.3) is 0 Å². The number of carbonyl (C=O) groups excluding carboxylic acids is 1. The summed E-state index contributed by atoms with van der Waals surface area (Å²) in [5.74, 6) is 1.87. The van der Waals surface area contributed by atoms with Crippen LogP contribution in [0.3, 0.4) is 0 Å². The SMILES string of the molecule is Cc1cc(-c2noc(CNC(=O)CSC3CCCC3)n2)no1. The Labute approximate surface area is 132 Å². The fraction of sp³-hybridized carbons (Fsp3) is 0.571. The molecule has 2 aromatic heterocycles. The summed E-state index contributed by atoms with van der Waals surface area (Å²) in [7, 11) is 0. The minimum absolute atomic E-state index is 0.00562. The number of aryl methyl sites for hydroxylation is 1. The van der Waals surface area contributed by atoms with E-state index in [-0.39, 0.29) is 12.5 Å². The van der Waals surface area contributed by atoms with Crippen molar-refractivity contribution in [3.8, 4) is 11.5 Å². The van der Waals surface area contributed by atoms with Crippen molar-refractivity contribution in [2.24, 2.45) is 0 Å². The van der Waals surface area contributed by atoms with Gasteiger partial charge in [0.1, 0.15) is 5.76 Å². The number of hydrogen-bond donors (Lipinski definition) is 1. The average molecular weight is 322 g/mol. The van der Waals surface area contributed by atoms with Crippen LogP contribution in [0.5, 0.6) is 0 Å². The smallest absolute Gasteiger partial charge is 0.246 e. The summed E-state index contributed by atoms with van der Waals surface area (Å²) in [6.07, 6.45) is 5.02. The average Bonchev–Trinajstić information content (AvgIpc) is 3.24. The lowest BCUT2D eigenvalue weighted by Crippen LogP contribution is -2.25. The Bertz CT molecular complexity index is 634. The number of hydrogen-bond acceptors (Lipinski definition) is 7. The zero-order valence-electron chi connectivity index (χ0n) is 12.4. The van der Waals surface area contributed by atoms with Gasteiger partial charge in [-0.2, -0.15) is 4.98 Å². The van der Waals surface area contributed by atoms with Crippen molar-refractivity contribution < 1.29 is 13.8 Å². The van der Waals surface area contributed by atoms with Crippen molar-refractivity contribution in [3.63, 3.8) is 0 Å². The Hall–Kier alpha value is -1.83. The molecule has 22 heavy (non-hydrogen) atoms. The zero-order chi connectivity index (χ0) is 15.4. The summed E-state index contributed by atoms with van der Waals surface area (Å²) in [5.41, 5.74) is 0.524. The molecular weight excluding hydrogens is 304 g/mol. The number of amides is 1. The standard InChI is InChI=1S/C14H18N4O3S/c1-9-6-11(17-20-9)14-16-13(21-18-14)7-15-12(19)8-22-10-4-2-3-5-10/h6,10H,2-5,7-8H2,1H3,(H,15,19). The molecule has 118 valence electrons. The Morgan fingerprint density at radius 3 is 2.91 bits per heavy atom. The molecule has 0 saturated heterocycles. The summed E-state index contributed by atoms with van der Waals surface area (Å²) >= 11 is 1.73. The van der Waals surface area contributed by atoms with Crippen LogP contribution in [0, 0.1) is 6.92 Å². The Morgan fingerprint density at radius 1 is 1.36 bits per heavy atom. The van der Waals surface area contributed by atoms with E-state index in [2.05, 4.69) is 20.6 Å². The third-order valence-electron chi connectivity index (χ3n) is 3.51. The van der Waals surface area contributed by atoms with E-state index in [0.717, 1.165) is 0 Å². The van der Waals surface area contributed by atoms with Crippen molar-refractivity contribution in [1.82, 2.24) is 20.6 Å². The normalized spacial score (nSPS) is 15.3. The third kappa shape index (κ3) is 3.88. The molecule has 2 heterocycles. The zero-order valence-corrected chi connectivity index (χ0v) is 13.2. The Kier molecular flexibility index (Phi) is 4.77. The molecule has 8 heteroatoms. The molecule has 1 saturated carbocycles. The van der Waals surface area contributed by atoms with Gasteiger partial charge in [-0.25, -0.2) is 0 Å². The highest BCUT2D eigenvalue weighted by Gasteiger charge is 2.17. The molecule has 1 aliphatic carbocycles. The molecule has 1 aliphatic rings. The van der Waals surface area contributed by atoms with Gasteiger partial charge in [-0.1, -0.05) is 23.2 Å². The number of nitrogens with one attached hydrogen (secondary N) is 1. The maximum atomic E-state index is 11.8. The molecule has 0 atom stereocenters. The van der Waals surface area contributed by atoms with E-state index in [1.807, 2.05) is 0 Å². The van der Waals surface area contributed by atoms with Crippen LogP contribution >= 0.6 is 11.8 Å². The minimum atomic E-state index is -0.00562. The second-order valence-electron chi connectivity index (χ2n) is 5.33. The fourth-order valence-electron chi connectivity index (χ4n) is 2.38. The highest BCUT2D eigenvalue weighted by molar-refractivity contribution is 8.00. The van der Waals surface area contributed by atoms with Gasteiger partial charge >= 0.3 is 0 Å². The highest BCUT2D eigenvalue weighted by Crippen LogP contribution is 2.29. The van der Waals surface area contributed by atoms with Crippen molar-refractivity contribution in [3.05, 3.63) is 17.7 Å². The van der Waals surface area contributed by atoms with Gasteiger partial charge in [-0.05, 0) is 19.8 Å². The first-order chi connectivity index (χ1) is 10.7. The first-order valence-electron chi connectivity index (χ1n) is 7.35. The van der Waals surface area contributed by atoms with E-state index in [0.29, 0.717) is 34.2 Å². The van der Waals surface area contributed by atoms with Gasteiger partial charge in [-0.15, -0.1) is 11.8 Å². The van der Waals surface area contributed by atoms with Crippen LogP contribution < -0.4 is 5.32 Å². The quantitative estimate of drug-likeness (QED) is 0.872. The van der Waals surface area contributed by atoms with Gasteiger partial charge in [0.2, 0.25) is 17.6 Å². The number of thioether (sulfide) groups is 1. The second-order valence-corrected chi connectivity index (χ2v) is 6.62. The highest BCUT2D eigenvalue weighted by atomic mass is 32.2. The van der Waals surface area contributed by atoms with Gasteiger partial charge in [0.05, 0.1) is 12.3 Å². The largest absolute Gasteiger partial charge is 0.361 e. The summed E-state index contributed by atoms with van der Waals surface area (Å²) in [6.45, 7) is 2.02. The van der Waals surface area contributed by atoms with E-state index in [4.69, 9.17) is 9.05 Å². The van der Waals surface area contributed by atoms with E-state index in [1.165, 1.54) is 25.7 Å². The molecule has 0 bridgehead atoms. The first kappa shape index (κ1) is 15.1. The second kappa shape index (κ2) is 6.95. The Balaban J connectivity index is 1.45. The maximum absolute atomic E-state index is 11.8. The summed E-state index contributed by atoms with van der Waals surface area (Å²) < 4.78 is 10.1. The van der Waals surface area contributed by atoms with Crippen molar-refractivity contribution in [2.75, 3.05) is 5.75 Å². The molecule has 3 rings (SSSR count). The number of nitrogens with zero attached hydrogens (tertiary/aromatic N) is 3. The minimum Gasteiger partial charge on any atom is -0.361 e. The fourth-order valence-corrected chi connectivity index (χ4v) is 3.53.